The summed E-state index contributed by atoms with van der Waals surface area (Å²) in [6, 6.07) is -0.110. The fraction of sp³-hybridized carbons (Fsp3) is 0.733. The Bertz CT molecular complexity index is 433. The number of rotatable bonds is 5. The van der Waals surface area contributed by atoms with E-state index in [4.69, 9.17) is 4.74 Å². The summed E-state index contributed by atoms with van der Waals surface area (Å²) in [4.78, 5) is 16.1. The molecule has 118 valence electrons. The molecule has 2 rings (SSSR count). The van der Waals surface area contributed by atoms with Crippen LogP contribution >= 0.6 is 0 Å². The first kappa shape index (κ1) is 15.8. The molecule has 0 radical (unpaired) electrons. The number of hydrogen-bond acceptors (Lipinski definition) is 3. The van der Waals surface area contributed by atoms with E-state index in [1.807, 2.05) is 10.8 Å². The van der Waals surface area contributed by atoms with Crippen LogP contribution in [-0.4, -0.2) is 40.9 Å². The molecule has 6 nitrogen and oxygen atoms in total. The molecule has 0 aliphatic carbocycles. The van der Waals surface area contributed by atoms with Gasteiger partial charge in [0.25, 0.3) is 0 Å². The number of urea groups is 1. The lowest BCUT2D eigenvalue weighted by atomic mass is 9.86. The molecular formula is C15H26N4O2. The number of nitrogens with one attached hydrogen (secondary N) is 2. The van der Waals surface area contributed by atoms with E-state index in [-0.39, 0.29) is 23.6 Å². The number of carbonyl (C=O) groups excluding carboxylic acids is 1. The van der Waals surface area contributed by atoms with Crippen molar-refractivity contribution in [1.29, 1.82) is 0 Å². The third-order valence-corrected chi connectivity index (χ3v) is 3.82. The van der Waals surface area contributed by atoms with Crippen molar-refractivity contribution in [2.75, 3.05) is 13.2 Å². The maximum Gasteiger partial charge on any atom is 0.315 e. The number of hydrogen-bond donors (Lipinski definition) is 2. The van der Waals surface area contributed by atoms with E-state index in [0.717, 1.165) is 19.4 Å². The van der Waals surface area contributed by atoms with Crippen molar-refractivity contribution in [2.45, 2.75) is 52.3 Å². The molecule has 2 heterocycles. The van der Waals surface area contributed by atoms with Gasteiger partial charge in [0.05, 0.1) is 18.5 Å². The van der Waals surface area contributed by atoms with Crippen LogP contribution in [0.25, 0.3) is 0 Å². The molecular weight excluding hydrogens is 268 g/mol. The molecule has 1 aliphatic rings. The van der Waals surface area contributed by atoms with Crippen LogP contribution in [0.3, 0.4) is 0 Å². The molecule has 21 heavy (non-hydrogen) atoms. The van der Waals surface area contributed by atoms with Crippen molar-refractivity contribution in [3.8, 4) is 0 Å². The third-order valence-electron chi connectivity index (χ3n) is 3.82. The second-order valence-corrected chi connectivity index (χ2v) is 6.67. The second kappa shape index (κ2) is 6.93. The van der Waals surface area contributed by atoms with Crippen LogP contribution in [0.15, 0.2) is 18.7 Å². The van der Waals surface area contributed by atoms with Crippen LogP contribution in [0.4, 0.5) is 4.79 Å². The highest BCUT2D eigenvalue weighted by atomic mass is 16.5. The average Bonchev–Trinajstić information content (AvgIpc) is 3.07. The molecule has 0 saturated carbocycles. The number of aromatic nitrogens is 2. The zero-order valence-corrected chi connectivity index (χ0v) is 13.1. The van der Waals surface area contributed by atoms with Gasteiger partial charge >= 0.3 is 6.03 Å². The van der Waals surface area contributed by atoms with Gasteiger partial charge in [-0.25, -0.2) is 9.78 Å². The van der Waals surface area contributed by atoms with Crippen LogP contribution in [0.1, 0.15) is 33.6 Å². The number of imidazole rings is 1. The number of ether oxygens (including phenoxy) is 1. The highest BCUT2D eigenvalue weighted by Crippen LogP contribution is 2.20. The van der Waals surface area contributed by atoms with E-state index in [0.29, 0.717) is 13.1 Å². The van der Waals surface area contributed by atoms with E-state index < -0.39 is 0 Å². The highest BCUT2D eigenvalue weighted by molar-refractivity contribution is 5.74. The van der Waals surface area contributed by atoms with Crippen molar-refractivity contribution in [3.05, 3.63) is 18.7 Å². The lowest BCUT2D eigenvalue weighted by molar-refractivity contribution is 0.110. The minimum atomic E-state index is -0.134. The zero-order valence-electron chi connectivity index (χ0n) is 13.1. The molecule has 1 saturated heterocycles. The summed E-state index contributed by atoms with van der Waals surface area (Å²) in [5, 5.41) is 5.97. The predicted octanol–water partition coefficient (Wildman–Crippen LogP) is 1.78. The molecule has 1 aromatic rings. The van der Waals surface area contributed by atoms with Crippen molar-refractivity contribution in [2.24, 2.45) is 5.41 Å². The van der Waals surface area contributed by atoms with E-state index in [2.05, 4.69) is 36.4 Å². The summed E-state index contributed by atoms with van der Waals surface area (Å²) in [6.45, 7) is 8.45. The molecule has 0 spiro atoms. The van der Waals surface area contributed by atoms with E-state index >= 15 is 0 Å². The van der Waals surface area contributed by atoms with Gasteiger partial charge in [-0.15, -0.1) is 0 Å². The van der Waals surface area contributed by atoms with Gasteiger partial charge in [-0.1, -0.05) is 20.8 Å². The van der Waals surface area contributed by atoms with Crippen molar-refractivity contribution >= 4 is 6.03 Å². The Kier molecular flexibility index (Phi) is 5.22. The molecule has 6 heteroatoms. The van der Waals surface area contributed by atoms with Crippen molar-refractivity contribution in [3.63, 3.8) is 0 Å². The quantitative estimate of drug-likeness (QED) is 0.869. The summed E-state index contributed by atoms with van der Waals surface area (Å²) in [5.41, 5.74) is -0.0362. The Balaban J connectivity index is 1.84. The third kappa shape index (κ3) is 5.04. The highest BCUT2D eigenvalue weighted by Gasteiger charge is 2.27. The van der Waals surface area contributed by atoms with Crippen LogP contribution in [-0.2, 0) is 11.3 Å². The standard InChI is InChI=1S/C15H26N4O2/c1-15(2,3)13(10-19-7-6-16-11-19)18-14(20)17-9-12-5-4-8-21-12/h6-7,11-13H,4-5,8-10H2,1-3H3,(H2,17,18,20)/t12-,13-/m0/s1. The average molecular weight is 294 g/mol. The normalized spacial score (nSPS) is 20.2. The van der Waals surface area contributed by atoms with Gasteiger partial charge in [-0.05, 0) is 18.3 Å². The first-order valence-electron chi connectivity index (χ1n) is 7.57. The van der Waals surface area contributed by atoms with E-state index in [1.54, 1.807) is 12.5 Å². The van der Waals surface area contributed by atoms with Crippen molar-refractivity contribution in [1.82, 2.24) is 20.2 Å². The van der Waals surface area contributed by atoms with Gasteiger partial charge in [0.2, 0.25) is 0 Å². The summed E-state index contributed by atoms with van der Waals surface area (Å²) in [6.07, 6.45) is 7.70. The Morgan fingerprint density at radius 3 is 2.90 bits per heavy atom. The summed E-state index contributed by atoms with van der Waals surface area (Å²) in [7, 11) is 0. The van der Waals surface area contributed by atoms with Gasteiger partial charge in [0.1, 0.15) is 0 Å². The van der Waals surface area contributed by atoms with Gasteiger partial charge in [0, 0.05) is 32.1 Å². The molecule has 2 N–H and O–H groups in total. The molecule has 2 atom stereocenters. The predicted molar refractivity (Wildman–Crippen MR) is 81.0 cm³/mol. The lowest BCUT2D eigenvalue weighted by Crippen LogP contribution is -2.51. The smallest absolute Gasteiger partial charge is 0.315 e. The number of nitrogens with zero attached hydrogens (tertiary/aromatic N) is 2. The maximum absolute atomic E-state index is 12.1. The van der Waals surface area contributed by atoms with E-state index in [1.165, 1.54) is 0 Å². The maximum atomic E-state index is 12.1. The minimum Gasteiger partial charge on any atom is -0.376 e. The molecule has 1 aliphatic heterocycles. The number of amides is 2. The Hall–Kier alpha value is -1.56. The minimum absolute atomic E-state index is 0.0243. The largest absolute Gasteiger partial charge is 0.376 e. The van der Waals surface area contributed by atoms with Gasteiger partial charge < -0.3 is 19.9 Å². The Morgan fingerprint density at radius 2 is 2.33 bits per heavy atom. The Morgan fingerprint density at radius 1 is 1.52 bits per heavy atom. The lowest BCUT2D eigenvalue weighted by Gasteiger charge is -2.32. The number of carbonyl (C=O) groups is 1. The van der Waals surface area contributed by atoms with Gasteiger partial charge in [-0.3, -0.25) is 0 Å². The fourth-order valence-corrected chi connectivity index (χ4v) is 2.36. The van der Waals surface area contributed by atoms with Crippen LogP contribution in [0, 0.1) is 5.41 Å². The van der Waals surface area contributed by atoms with Gasteiger partial charge in [-0.2, -0.15) is 0 Å². The molecule has 2 amide bonds. The first-order valence-corrected chi connectivity index (χ1v) is 7.57. The van der Waals surface area contributed by atoms with Crippen molar-refractivity contribution < 1.29 is 9.53 Å². The summed E-state index contributed by atoms with van der Waals surface area (Å²) in [5.74, 6) is 0. The first-order chi connectivity index (χ1) is 9.95. The van der Waals surface area contributed by atoms with E-state index in [9.17, 15) is 4.79 Å². The molecule has 1 aromatic heterocycles. The van der Waals surface area contributed by atoms with Gasteiger partial charge in [0.15, 0.2) is 0 Å². The molecule has 0 unspecified atom stereocenters. The molecule has 0 aromatic carbocycles. The fourth-order valence-electron chi connectivity index (χ4n) is 2.36. The molecule has 0 bridgehead atoms. The molecule has 1 fully saturated rings. The Labute approximate surface area is 126 Å². The SMILES string of the molecule is CC(C)(C)[C@H](Cn1ccnc1)NC(=O)NC[C@@H]1CCCO1. The zero-order chi connectivity index (χ0) is 15.3. The summed E-state index contributed by atoms with van der Waals surface area (Å²) < 4.78 is 7.49. The van der Waals surface area contributed by atoms with Crippen LogP contribution in [0.5, 0.6) is 0 Å². The van der Waals surface area contributed by atoms with Crippen LogP contribution in [0.2, 0.25) is 0 Å². The van der Waals surface area contributed by atoms with Crippen LogP contribution < -0.4 is 10.6 Å². The monoisotopic (exact) mass is 294 g/mol. The topological polar surface area (TPSA) is 68.2 Å². The second-order valence-electron chi connectivity index (χ2n) is 6.67. The summed E-state index contributed by atoms with van der Waals surface area (Å²) >= 11 is 0.